The van der Waals surface area contributed by atoms with E-state index in [1.165, 1.54) is 0 Å². The number of amides is 2. The molecule has 0 radical (unpaired) electrons. The molecule has 2 amide bonds. The number of fused-ring (bicyclic) bond motifs is 1. The number of para-hydroxylation sites is 1. The maximum Gasteiger partial charge on any atom is 0.266 e. The number of hydrogen-bond donors (Lipinski definition) is 0. The number of hydrogen-bond acceptors (Lipinski definition) is 4. The van der Waals surface area contributed by atoms with Crippen LogP contribution in [-0.2, 0) is 14.4 Å². The molecule has 2 aliphatic rings. The van der Waals surface area contributed by atoms with Gasteiger partial charge in [0.1, 0.15) is 5.92 Å². The molecule has 156 valence electrons. The van der Waals surface area contributed by atoms with E-state index in [9.17, 15) is 9.59 Å². The summed E-state index contributed by atoms with van der Waals surface area (Å²) in [6.07, 6.45) is -0.950. The van der Waals surface area contributed by atoms with Gasteiger partial charge in [-0.15, -0.1) is 0 Å². The van der Waals surface area contributed by atoms with E-state index in [4.69, 9.17) is 28.0 Å². The summed E-state index contributed by atoms with van der Waals surface area (Å²) >= 11 is 15.7. The molecule has 2 fully saturated rings. The van der Waals surface area contributed by atoms with Crippen molar-refractivity contribution in [1.29, 1.82) is 0 Å². The van der Waals surface area contributed by atoms with Crippen molar-refractivity contribution in [3.63, 3.8) is 0 Å². The lowest BCUT2D eigenvalue weighted by atomic mass is 9.90. The van der Waals surface area contributed by atoms with E-state index in [0.29, 0.717) is 15.7 Å². The van der Waals surface area contributed by atoms with E-state index < -0.39 is 24.0 Å². The Hall–Kier alpha value is -2.38. The Labute approximate surface area is 197 Å². The number of hydroxylamine groups is 1. The lowest BCUT2D eigenvalue weighted by Gasteiger charge is -2.29. The van der Waals surface area contributed by atoms with Crippen molar-refractivity contribution in [2.75, 3.05) is 9.96 Å². The number of anilines is 2. The second-order valence-electron chi connectivity index (χ2n) is 7.35. The molecule has 0 saturated carbocycles. The molecule has 5 rings (SSSR count). The van der Waals surface area contributed by atoms with E-state index in [2.05, 4.69) is 15.9 Å². The Morgan fingerprint density at radius 2 is 1.52 bits per heavy atom. The highest BCUT2D eigenvalue weighted by atomic mass is 79.9. The minimum atomic E-state index is -0.950. The monoisotopic (exact) mass is 516 g/mol. The average Bonchev–Trinajstić information content (AvgIpc) is 3.24. The highest BCUT2D eigenvalue weighted by Crippen LogP contribution is 2.48. The van der Waals surface area contributed by atoms with Crippen LogP contribution in [0.25, 0.3) is 0 Å². The van der Waals surface area contributed by atoms with Crippen LogP contribution in [0.2, 0.25) is 10.0 Å². The Morgan fingerprint density at radius 3 is 2.19 bits per heavy atom. The number of imide groups is 1. The van der Waals surface area contributed by atoms with Gasteiger partial charge in [0.25, 0.3) is 5.91 Å². The summed E-state index contributed by atoms with van der Waals surface area (Å²) < 4.78 is 0.872. The van der Waals surface area contributed by atoms with Gasteiger partial charge in [-0.05, 0) is 48.0 Å². The standard InChI is InChI=1S/C23H15BrCl2N2O3/c24-14-6-4-5-13(9-14)20-19-21(31-28(20)17-7-2-1-3-8-17)23(30)27(22(19)29)18-11-15(25)10-16(26)12-18/h1-12,19-21H/t19-,20-,21-/m1/s1. The predicted molar refractivity (Wildman–Crippen MR) is 123 cm³/mol. The first-order valence-corrected chi connectivity index (χ1v) is 11.1. The molecule has 8 heteroatoms. The second-order valence-corrected chi connectivity index (χ2v) is 9.14. The van der Waals surface area contributed by atoms with Gasteiger partial charge in [0.15, 0.2) is 6.10 Å². The first-order valence-electron chi connectivity index (χ1n) is 9.54. The summed E-state index contributed by atoms with van der Waals surface area (Å²) in [7, 11) is 0. The van der Waals surface area contributed by atoms with Crippen molar-refractivity contribution in [3.05, 3.63) is 92.9 Å². The third-order valence-corrected chi connectivity index (χ3v) is 6.35. The molecular weight excluding hydrogens is 503 g/mol. The van der Waals surface area contributed by atoms with Crippen LogP contribution < -0.4 is 9.96 Å². The lowest BCUT2D eigenvalue weighted by Crippen LogP contribution is -2.37. The van der Waals surface area contributed by atoms with Gasteiger partial charge in [0.05, 0.1) is 17.4 Å². The molecule has 5 nitrogen and oxygen atoms in total. The molecule has 31 heavy (non-hydrogen) atoms. The SMILES string of the molecule is O=C1[C@@H]2[C@@H](c3cccc(Br)c3)N(c3ccccc3)O[C@H]2C(=O)N1c1cc(Cl)cc(Cl)c1. The molecule has 2 saturated heterocycles. The molecule has 3 aromatic rings. The number of nitrogens with zero attached hydrogens (tertiary/aromatic N) is 2. The van der Waals surface area contributed by atoms with Crippen molar-refractivity contribution in [3.8, 4) is 0 Å². The molecular formula is C23H15BrCl2N2O3. The van der Waals surface area contributed by atoms with Gasteiger partial charge >= 0.3 is 0 Å². The normalized spacial score (nSPS) is 22.9. The summed E-state index contributed by atoms with van der Waals surface area (Å²) in [4.78, 5) is 34.1. The first-order chi connectivity index (χ1) is 14.9. The van der Waals surface area contributed by atoms with Crippen molar-refractivity contribution in [2.45, 2.75) is 12.1 Å². The van der Waals surface area contributed by atoms with E-state index in [1.807, 2.05) is 54.6 Å². The predicted octanol–water partition coefficient (Wildman–Crippen LogP) is 5.81. The van der Waals surface area contributed by atoms with E-state index >= 15 is 0 Å². The van der Waals surface area contributed by atoms with E-state index in [-0.39, 0.29) is 5.91 Å². The molecule has 2 aliphatic heterocycles. The lowest BCUT2D eigenvalue weighted by molar-refractivity contribution is -0.126. The molecule has 3 aromatic carbocycles. The van der Waals surface area contributed by atoms with Gasteiger partial charge in [0, 0.05) is 14.5 Å². The molecule has 0 unspecified atom stereocenters. The van der Waals surface area contributed by atoms with Crippen LogP contribution >= 0.6 is 39.1 Å². The van der Waals surface area contributed by atoms with E-state index in [1.54, 1.807) is 23.3 Å². The highest BCUT2D eigenvalue weighted by Gasteiger charge is 2.60. The van der Waals surface area contributed by atoms with E-state index in [0.717, 1.165) is 20.6 Å². The molecule has 0 aromatic heterocycles. The average molecular weight is 518 g/mol. The van der Waals surface area contributed by atoms with Crippen LogP contribution in [0.4, 0.5) is 11.4 Å². The summed E-state index contributed by atoms with van der Waals surface area (Å²) in [6.45, 7) is 0. The molecule has 0 spiro atoms. The fourth-order valence-corrected chi connectivity index (χ4v) is 5.10. The second kappa shape index (κ2) is 7.95. The third kappa shape index (κ3) is 3.53. The Morgan fingerprint density at radius 1 is 0.806 bits per heavy atom. The maximum atomic E-state index is 13.6. The summed E-state index contributed by atoms with van der Waals surface area (Å²) in [5.74, 6) is -1.51. The van der Waals surface area contributed by atoms with Gasteiger partial charge in [0.2, 0.25) is 5.91 Å². The topological polar surface area (TPSA) is 49.9 Å². The zero-order valence-corrected chi connectivity index (χ0v) is 19.0. The van der Waals surface area contributed by atoms with Crippen LogP contribution in [0.3, 0.4) is 0 Å². The number of halogens is 3. The largest absolute Gasteiger partial charge is 0.273 e. The zero-order chi connectivity index (χ0) is 21.7. The van der Waals surface area contributed by atoms with Gasteiger partial charge in [-0.3, -0.25) is 14.4 Å². The van der Waals surface area contributed by atoms with Crippen molar-refractivity contribution >= 4 is 62.3 Å². The first kappa shape index (κ1) is 20.5. The minimum absolute atomic E-state index is 0.338. The van der Waals surface area contributed by atoms with Crippen LogP contribution in [0.15, 0.2) is 77.3 Å². The Bertz CT molecular complexity index is 1170. The van der Waals surface area contributed by atoms with Crippen LogP contribution in [0, 0.1) is 5.92 Å². The molecule has 3 atom stereocenters. The summed E-state index contributed by atoms with van der Waals surface area (Å²) in [6, 6.07) is 21.3. The van der Waals surface area contributed by atoms with Gasteiger partial charge in [-0.1, -0.05) is 69.5 Å². The van der Waals surface area contributed by atoms with Gasteiger partial charge in [-0.2, -0.15) is 0 Å². The van der Waals surface area contributed by atoms with Crippen molar-refractivity contribution in [1.82, 2.24) is 0 Å². The smallest absolute Gasteiger partial charge is 0.266 e. The minimum Gasteiger partial charge on any atom is -0.273 e. The number of benzene rings is 3. The molecule has 0 bridgehead atoms. The van der Waals surface area contributed by atoms with Gasteiger partial charge in [-0.25, -0.2) is 9.96 Å². The fourth-order valence-electron chi connectivity index (χ4n) is 4.17. The Balaban J connectivity index is 1.60. The van der Waals surface area contributed by atoms with Crippen LogP contribution in [0.5, 0.6) is 0 Å². The molecule has 2 heterocycles. The quantitative estimate of drug-likeness (QED) is 0.411. The fraction of sp³-hybridized carbons (Fsp3) is 0.130. The van der Waals surface area contributed by atoms with Crippen molar-refractivity contribution in [2.24, 2.45) is 5.92 Å². The zero-order valence-electron chi connectivity index (χ0n) is 15.9. The number of rotatable bonds is 3. The number of carbonyl (C=O) groups is 2. The molecule has 0 aliphatic carbocycles. The summed E-state index contributed by atoms with van der Waals surface area (Å²) in [5, 5.41) is 2.35. The molecule has 0 N–H and O–H groups in total. The third-order valence-electron chi connectivity index (χ3n) is 5.42. The summed E-state index contributed by atoms with van der Waals surface area (Å²) in [5.41, 5.74) is 1.96. The Kier molecular flexibility index (Phi) is 5.26. The van der Waals surface area contributed by atoms with Crippen LogP contribution in [-0.4, -0.2) is 17.9 Å². The number of carbonyl (C=O) groups excluding carboxylic acids is 2. The maximum absolute atomic E-state index is 13.6. The van der Waals surface area contributed by atoms with Gasteiger partial charge < -0.3 is 0 Å². The highest BCUT2D eigenvalue weighted by molar-refractivity contribution is 9.10. The van der Waals surface area contributed by atoms with Crippen LogP contribution in [0.1, 0.15) is 11.6 Å². The van der Waals surface area contributed by atoms with Crippen molar-refractivity contribution < 1.29 is 14.4 Å².